The maximum Gasteiger partial charge on any atom is 0.408 e. The molecule has 126 valence electrons. The highest BCUT2D eigenvalue weighted by molar-refractivity contribution is 5.97. The number of carbonyl (C=O) groups excluding carboxylic acids is 3. The van der Waals surface area contributed by atoms with Gasteiger partial charge in [-0.3, -0.25) is 4.79 Å². The Morgan fingerprint density at radius 1 is 1.00 bits per heavy atom. The number of hydrogen-bond acceptors (Lipinski definition) is 6. The number of nitrogens with one attached hydrogen (secondary N) is 1. The fourth-order valence-electron chi connectivity index (χ4n) is 1.96. The minimum absolute atomic E-state index is 0.133. The van der Waals surface area contributed by atoms with Gasteiger partial charge in [-0.2, -0.15) is 0 Å². The molecule has 1 amide bonds. The van der Waals surface area contributed by atoms with Gasteiger partial charge >= 0.3 is 18.0 Å². The number of rotatable bonds is 3. The normalized spacial score (nSPS) is 24.2. The van der Waals surface area contributed by atoms with E-state index in [0.29, 0.717) is 0 Å². The molecule has 0 aromatic carbocycles. The van der Waals surface area contributed by atoms with Crippen LogP contribution >= 0.6 is 0 Å². The van der Waals surface area contributed by atoms with Gasteiger partial charge in [-0.15, -0.1) is 0 Å². The van der Waals surface area contributed by atoms with Crippen LogP contribution in [0.25, 0.3) is 0 Å². The molecule has 0 heterocycles. The Balaban J connectivity index is 2.89. The molecule has 22 heavy (non-hydrogen) atoms. The van der Waals surface area contributed by atoms with Gasteiger partial charge in [0.25, 0.3) is 0 Å². The summed E-state index contributed by atoms with van der Waals surface area (Å²) in [6, 6.07) is 0. The first-order chi connectivity index (χ1) is 9.81. The molecule has 0 unspecified atom stereocenters. The summed E-state index contributed by atoms with van der Waals surface area (Å²) in [5, 5.41) is 2.48. The van der Waals surface area contributed by atoms with Gasteiger partial charge in [0.05, 0.1) is 13.0 Å². The van der Waals surface area contributed by atoms with Crippen molar-refractivity contribution in [1.82, 2.24) is 5.32 Å². The quantitative estimate of drug-likeness (QED) is 0.630. The highest BCUT2D eigenvalue weighted by Gasteiger charge is 2.67. The molecule has 0 aromatic rings. The maximum atomic E-state index is 12.4. The van der Waals surface area contributed by atoms with E-state index in [2.05, 4.69) is 10.1 Å². The number of carbonyl (C=O) groups is 3. The van der Waals surface area contributed by atoms with Gasteiger partial charge in [0.2, 0.25) is 0 Å². The van der Waals surface area contributed by atoms with Crippen LogP contribution in [-0.2, 0) is 23.8 Å². The van der Waals surface area contributed by atoms with E-state index in [1.807, 2.05) is 0 Å². The predicted octanol–water partition coefficient (Wildman–Crippen LogP) is 1.78. The summed E-state index contributed by atoms with van der Waals surface area (Å²) in [6.45, 7) is 10.2. The number of amides is 1. The van der Waals surface area contributed by atoms with Gasteiger partial charge in [0.15, 0.2) is 5.54 Å². The Morgan fingerprint density at radius 2 is 1.50 bits per heavy atom. The fraction of sp³-hybridized carbons (Fsp3) is 0.800. The third-order valence-electron chi connectivity index (χ3n) is 2.93. The van der Waals surface area contributed by atoms with E-state index in [1.54, 1.807) is 41.5 Å². The van der Waals surface area contributed by atoms with Crippen LogP contribution in [0.2, 0.25) is 0 Å². The van der Waals surface area contributed by atoms with Crippen LogP contribution in [0.4, 0.5) is 4.79 Å². The molecule has 0 spiro atoms. The van der Waals surface area contributed by atoms with Gasteiger partial charge in [0.1, 0.15) is 11.2 Å². The van der Waals surface area contributed by atoms with E-state index in [4.69, 9.17) is 9.47 Å². The van der Waals surface area contributed by atoms with Crippen LogP contribution < -0.4 is 5.32 Å². The van der Waals surface area contributed by atoms with Gasteiger partial charge in [0, 0.05) is 0 Å². The highest BCUT2D eigenvalue weighted by atomic mass is 16.6. The summed E-state index contributed by atoms with van der Waals surface area (Å²) in [5.74, 6) is -2.00. The molecule has 1 fully saturated rings. The third kappa shape index (κ3) is 4.61. The van der Waals surface area contributed by atoms with Gasteiger partial charge in [-0.1, -0.05) is 0 Å². The summed E-state index contributed by atoms with van der Waals surface area (Å²) >= 11 is 0. The first-order valence-electron chi connectivity index (χ1n) is 7.13. The van der Waals surface area contributed by atoms with E-state index >= 15 is 0 Å². The summed E-state index contributed by atoms with van der Waals surface area (Å²) in [7, 11) is 1.23. The average molecular weight is 315 g/mol. The average Bonchev–Trinajstić information content (AvgIpc) is 2.98. The first kappa shape index (κ1) is 18.3. The zero-order valence-electron chi connectivity index (χ0n) is 14.2. The van der Waals surface area contributed by atoms with Crippen molar-refractivity contribution in [3.8, 4) is 0 Å². The summed E-state index contributed by atoms with van der Waals surface area (Å²) in [5.41, 5.74) is -2.86. The van der Waals surface area contributed by atoms with E-state index in [0.717, 1.165) is 0 Å². The summed E-state index contributed by atoms with van der Waals surface area (Å²) in [6.07, 6.45) is -0.641. The van der Waals surface area contributed by atoms with Crippen molar-refractivity contribution in [1.29, 1.82) is 0 Å². The van der Waals surface area contributed by atoms with Crippen molar-refractivity contribution >= 4 is 18.0 Å². The molecule has 1 aliphatic rings. The van der Waals surface area contributed by atoms with E-state index in [1.165, 1.54) is 7.11 Å². The number of ether oxygens (including phenoxy) is 3. The lowest BCUT2D eigenvalue weighted by Crippen LogP contribution is -2.50. The molecular formula is C15H25NO6. The molecule has 7 heteroatoms. The minimum Gasteiger partial charge on any atom is -0.469 e. The highest BCUT2D eigenvalue weighted by Crippen LogP contribution is 2.46. The van der Waals surface area contributed by atoms with Crippen molar-refractivity contribution in [2.45, 2.75) is 64.7 Å². The van der Waals surface area contributed by atoms with Crippen LogP contribution in [0.1, 0.15) is 48.0 Å². The van der Waals surface area contributed by atoms with Crippen LogP contribution in [0, 0.1) is 5.92 Å². The lowest BCUT2D eigenvalue weighted by atomic mass is 10.1. The molecule has 1 saturated carbocycles. The van der Waals surface area contributed by atoms with Crippen molar-refractivity contribution in [3.63, 3.8) is 0 Å². The number of alkyl carbamates (subject to hydrolysis) is 1. The van der Waals surface area contributed by atoms with E-state index in [-0.39, 0.29) is 6.42 Å². The third-order valence-corrected chi connectivity index (χ3v) is 2.93. The molecule has 7 nitrogen and oxygen atoms in total. The maximum absolute atomic E-state index is 12.4. The molecule has 0 bridgehead atoms. The predicted molar refractivity (Wildman–Crippen MR) is 78.1 cm³/mol. The second-order valence-corrected chi connectivity index (χ2v) is 7.38. The number of esters is 2. The standard InChI is InChI=1S/C15H25NO6/c1-13(2,3)21-11(18)15(8-9(15)10(17)20-7)16-12(19)22-14(4,5)6/h9H,8H2,1-7H3,(H,16,19)/t9-,15+/m1/s1. The largest absolute Gasteiger partial charge is 0.469 e. The Labute approximate surface area is 130 Å². The smallest absolute Gasteiger partial charge is 0.408 e. The monoisotopic (exact) mass is 315 g/mol. The molecular weight excluding hydrogens is 290 g/mol. The van der Waals surface area contributed by atoms with Crippen LogP contribution in [-0.4, -0.2) is 41.9 Å². The molecule has 0 aliphatic heterocycles. The first-order valence-corrected chi connectivity index (χ1v) is 7.13. The second kappa shape index (κ2) is 5.78. The lowest BCUT2D eigenvalue weighted by molar-refractivity contribution is -0.161. The van der Waals surface area contributed by atoms with E-state index < -0.39 is 40.7 Å². The van der Waals surface area contributed by atoms with Gasteiger partial charge in [-0.25, -0.2) is 9.59 Å². The van der Waals surface area contributed by atoms with E-state index in [9.17, 15) is 14.4 Å². The molecule has 1 aliphatic carbocycles. The number of methoxy groups -OCH3 is 1. The number of hydrogen-bond donors (Lipinski definition) is 1. The van der Waals surface area contributed by atoms with Crippen LogP contribution in [0.5, 0.6) is 0 Å². The molecule has 2 atom stereocenters. The molecule has 1 N–H and O–H groups in total. The summed E-state index contributed by atoms with van der Waals surface area (Å²) < 4.78 is 15.1. The van der Waals surface area contributed by atoms with Gasteiger partial charge in [-0.05, 0) is 48.0 Å². The Bertz CT molecular complexity index is 473. The van der Waals surface area contributed by atoms with Crippen LogP contribution in [0.3, 0.4) is 0 Å². The Kier molecular flexibility index (Phi) is 4.79. The molecule has 0 radical (unpaired) electrons. The summed E-state index contributed by atoms with van der Waals surface area (Å²) in [4.78, 5) is 36.0. The van der Waals surface area contributed by atoms with Gasteiger partial charge < -0.3 is 19.5 Å². The Morgan fingerprint density at radius 3 is 1.91 bits per heavy atom. The molecule has 0 aromatic heterocycles. The SMILES string of the molecule is COC(=O)[C@H]1C[C@@]1(NC(=O)OC(C)(C)C)C(=O)OC(C)(C)C. The fourth-order valence-corrected chi connectivity index (χ4v) is 1.96. The van der Waals surface area contributed by atoms with Crippen molar-refractivity contribution in [2.24, 2.45) is 5.92 Å². The zero-order valence-corrected chi connectivity index (χ0v) is 14.2. The minimum atomic E-state index is -1.41. The topological polar surface area (TPSA) is 90.9 Å². The van der Waals surface area contributed by atoms with Crippen molar-refractivity contribution in [3.05, 3.63) is 0 Å². The lowest BCUT2D eigenvalue weighted by Gasteiger charge is -2.26. The van der Waals surface area contributed by atoms with Crippen molar-refractivity contribution < 1.29 is 28.6 Å². The van der Waals surface area contributed by atoms with Crippen molar-refractivity contribution in [2.75, 3.05) is 7.11 Å². The molecule has 1 rings (SSSR count). The zero-order chi connectivity index (χ0) is 17.3. The second-order valence-electron chi connectivity index (χ2n) is 7.38. The molecule has 0 saturated heterocycles. The Hall–Kier alpha value is -1.79. The van der Waals surface area contributed by atoms with Crippen LogP contribution in [0.15, 0.2) is 0 Å².